The van der Waals surface area contributed by atoms with Gasteiger partial charge in [-0.3, -0.25) is 4.86 Å². The van der Waals surface area contributed by atoms with Crippen molar-refractivity contribution in [1.82, 2.24) is 4.86 Å². The average molecular weight is 1550 g/mol. The Kier molecular flexibility index (Phi) is 95.2. The van der Waals surface area contributed by atoms with Gasteiger partial charge in [0.05, 0.1) is 0 Å². The van der Waals surface area contributed by atoms with Crippen LogP contribution in [0.1, 0.15) is 618 Å². The normalized spacial score (nSPS) is 12.2. The maximum atomic E-state index is 7.05. The van der Waals surface area contributed by atoms with Crippen molar-refractivity contribution in [1.29, 1.82) is 0 Å². The van der Waals surface area contributed by atoms with Crippen LogP contribution in [0.4, 0.5) is 0 Å². The molecule has 0 bridgehead atoms. The van der Waals surface area contributed by atoms with Gasteiger partial charge in [-0.2, -0.15) is 0 Å². The molecule has 0 aliphatic heterocycles. The molecular weight excluding hydrogens is 1340 g/mol. The summed E-state index contributed by atoms with van der Waals surface area (Å²) < 4.78 is 0. The second kappa shape index (κ2) is 94.1. The van der Waals surface area contributed by atoms with Crippen LogP contribution in [0.25, 0.3) is 0 Å². The first-order chi connectivity index (χ1) is 51.9. The molecule has 0 fully saturated rings. The van der Waals surface area contributed by atoms with Crippen molar-refractivity contribution in [3.05, 3.63) is 0 Å². The Morgan fingerprint density at radius 3 is 0.257 bits per heavy atom. The largest absolute Gasteiger partial charge is 0.259 e. The van der Waals surface area contributed by atoms with Gasteiger partial charge in [0.15, 0.2) is 0 Å². The van der Waals surface area contributed by atoms with Crippen LogP contribution in [-0.2, 0) is 23.6 Å². The van der Waals surface area contributed by atoms with Gasteiger partial charge >= 0.3 is 0 Å². The first-order valence-electron chi connectivity index (χ1n) is 50.9. The van der Waals surface area contributed by atoms with Crippen LogP contribution in [0, 0.1) is 0 Å². The van der Waals surface area contributed by atoms with Crippen molar-refractivity contribution in [2.24, 2.45) is 0 Å². The topological polar surface area (TPSA) is 12.0 Å². The summed E-state index contributed by atoms with van der Waals surface area (Å²) in [4.78, 5) is 4.52. The molecule has 105 heavy (non-hydrogen) atoms. The minimum atomic E-state index is -1.70. The van der Waals surface area contributed by atoms with E-state index >= 15 is 0 Å². The zero-order chi connectivity index (χ0) is 75.6. The van der Waals surface area contributed by atoms with Crippen LogP contribution in [0.5, 0.6) is 0 Å². The third-order valence-electron chi connectivity index (χ3n) is 24.9. The van der Waals surface area contributed by atoms with Crippen LogP contribution in [-0.4, -0.2) is 24.6 Å². The molecule has 0 saturated heterocycles. The lowest BCUT2D eigenvalue weighted by Gasteiger charge is -2.33. The van der Waals surface area contributed by atoms with E-state index in [0.29, 0.717) is 0 Å². The van der Waals surface area contributed by atoms with Gasteiger partial charge in [0.1, 0.15) is 0 Å². The van der Waals surface area contributed by atoms with E-state index < -0.39 is 12.4 Å². The molecule has 0 aromatic carbocycles. The Balaban J connectivity index is 5.14. The van der Waals surface area contributed by atoms with E-state index in [-0.39, 0.29) is 0 Å². The van der Waals surface area contributed by atoms with Crippen LogP contribution >= 0.6 is 12.4 Å². The molecule has 0 spiro atoms. The van der Waals surface area contributed by atoms with Gasteiger partial charge in [-0.05, 0) is 50.3 Å². The molecule has 0 aromatic heterocycles. The Hall–Kier alpha value is 1.26. The summed E-state index contributed by atoms with van der Waals surface area (Å²) in [6.45, 7) is 9.30. The van der Waals surface area contributed by atoms with Crippen molar-refractivity contribution in [2.45, 2.75) is 618 Å². The standard InChI is InChI=1S/C100H205NP2S2/c1-5-9-13-17-21-25-29-33-37-41-45-49-53-57-61-65-69-73-77-81-85-89-93-97-102(104,98-94-90-86-82-78-74-70-66-62-58-54-50-46-42-38-34-30-26-22-18-14-10-6-2)101-103(105,99-95-91-87-83-79-75-71-67-63-59-55-51-47-43-39-35-31-27-23-19-15-11-7-3)100-96-92-88-84-80-76-72-68-64-60-56-52-48-44-40-36-32-28-24-20-16-12-8-4/h5-100H2,1-4H3,(H,101,104,105). The van der Waals surface area contributed by atoms with Crippen molar-refractivity contribution < 1.29 is 0 Å². The van der Waals surface area contributed by atoms with Gasteiger partial charge in [-0.1, -0.05) is 616 Å². The van der Waals surface area contributed by atoms with Crippen LogP contribution < -0.4 is 4.86 Å². The molecule has 0 aliphatic rings. The maximum absolute atomic E-state index is 7.05. The number of unbranched alkanes of at least 4 members (excludes halogenated alkanes) is 88. The lowest BCUT2D eigenvalue weighted by molar-refractivity contribution is 0.518. The monoisotopic (exact) mass is 1550 g/mol. The van der Waals surface area contributed by atoms with Crippen molar-refractivity contribution in [3.8, 4) is 0 Å². The molecule has 1 N–H and O–H groups in total. The fourth-order valence-corrected chi connectivity index (χ4v) is 29.8. The fourth-order valence-electron chi connectivity index (χ4n) is 17.4. The smallest absolute Gasteiger partial charge is 0.0164 e. The summed E-state index contributed by atoms with van der Waals surface area (Å²) in [5, 5.41) is 0. The zero-order valence-corrected chi connectivity index (χ0v) is 77.5. The van der Waals surface area contributed by atoms with Crippen LogP contribution in [0.3, 0.4) is 0 Å². The lowest BCUT2D eigenvalue weighted by atomic mass is 10.0. The van der Waals surface area contributed by atoms with Gasteiger partial charge in [0.25, 0.3) is 0 Å². The van der Waals surface area contributed by atoms with Gasteiger partial charge in [-0.15, -0.1) is 0 Å². The SMILES string of the molecule is CCCCCCCCCCCCCCCCCCCCCCCCCP(=S)(CCCCCCCCCCCCCCCCCCCCCCCCC)NP(=S)(CCCCCCCCCCCCCCCCCCCCCCCCC)CCCCCCCCCCCCCCCCCCCCCCCCC. The molecule has 632 valence electrons. The van der Waals surface area contributed by atoms with E-state index in [2.05, 4.69) is 32.6 Å². The molecule has 0 heterocycles. The van der Waals surface area contributed by atoms with Crippen LogP contribution in [0.2, 0.25) is 0 Å². The number of nitrogens with one attached hydrogen (secondary N) is 1. The van der Waals surface area contributed by atoms with E-state index in [0.717, 1.165) is 0 Å². The average Bonchev–Trinajstić information content (AvgIpc) is 0.849. The van der Waals surface area contributed by atoms with E-state index in [9.17, 15) is 0 Å². The molecule has 0 aliphatic carbocycles. The van der Waals surface area contributed by atoms with Crippen LogP contribution in [0.15, 0.2) is 0 Å². The molecule has 5 heteroatoms. The molecule has 0 rings (SSSR count). The molecule has 0 radical (unpaired) electrons. The second-order valence-corrected chi connectivity index (χ2v) is 46.2. The van der Waals surface area contributed by atoms with Gasteiger partial charge in [0, 0.05) is 12.4 Å². The summed E-state index contributed by atoms with van der Waals surface area (Å²) >= 11 is 14.1. The van der Waals surface area contributed by atoms with E-state index in [1.807, 2.05) is 0 Å². The van der Waals surface area contributed by atoms with E-state index in [4.69, 9.17) is 23.6 Å². The number of hydrogen-bond acceptors (Lipinski definition) is 2. The summed E-state index contributed by atoms with van der Waals surface area (Å²) in [7, 11) is 0. The Morgan fingerprint density at radius 1 is 0.114 bits per heavy atom. The quantitative estimate of drug-likeness (QED) is 0.0481. The van der Waals surface area contributed by atoms with Gasteiger partial charge in [-0.25, -0.2) is 0 Å². The number of hydrogen-bond donors (Lipinski definition) is 1. The molecule has 0 aromatic rings. The Labute approximate surface area is 679 Å². The second-order valence-electron chi connectivity index (χ2n) is 35.9. The summed E-state index contributed by atoms with van der Waals surface area (Å²) in [6, 6.07) is 0. The van der Waals surface area contributed by atoms with Gasteiger partial charge < -0.3 is 0 Å². The van der Waals surface area contributed by atoms with Crippen molar-refractivity contribution in [3.63, 3.8) is 0 Å². The highest BCUT2D eigenvalue weighted by atomic mass is 32.5. The molecule has 0 atom stereocenters. The molecule has 0 unspecified atom stereocenters. The minimum absolute atomic E-state index is 1.28. The molecular formula is C100H205NP2S2. The third-order valence-corrected chi connectivity index (χ3v) is 35.6. The summed E-state index contributed by atoms with van der Waals surface area (Å²) in [6.07, 6.45) is 136. The maximum Gasteiger partial charge on any atom is 0.0164 e. The first-order valence-corrected chi connectivity index (χ1v) is 57.3. The zero-order valence-electron chi connectivity index (χ0n) is 74.1. The minimum Gasteiger partial charge on any atom is -0.259 e. The summed E-state index contributed by atoms with van der Waals surface area (Å²) in [5.74, 6) is 0. The predicted molar refractivity (Wildman–Crippen MR) is 499 cm³/mol. The summed E-state index contributed by atoms with van der Waals surface area (Å²) in [5.41, 5.74) is 0. The fraction of sp³-hybridized carbons (Fsp3) is 1.00. The van der Waals surface area contributed by atoms with Crippen molar-refractivity contribution >= 4 is 36.0 Å². The predicted octanol–water partition coefficient (Wildman–Crippen LogP) is 39.3. The molecule has 0 saturated carbocycles. The van der Waals surface area contributed by atoms with Gasteiger partial charge in [0.2, 0.25) is 0 Å². The lowest BCUT2D eigenvalue weighted by Crippen LogP contribution is -2.17. The third kappa shape index (κ3) is 90.7. The Bertz CT molecular complexity index is 1410. The highest BCUT2D eigenvalue weighted by Crippen LogP contribution is 2.58. The molecule has 1 nitrogen and oxygen atoms in total. The van der Waals surface area contributed by atoms with E-state index in [1.165, 1.54) is 615 Å². The first kappa shape index (κ1) is 106. The highest BCUT2D eigenvalue weighted by Gasteiger charge is 2.26. The van der Waals surface area contributed by atoms with Crippen molar-refractivity contribution in [2.75, 3.05) is 24.6 Å². The highest BCUT2D eigenvalue weighted by molar-refractivity contribution is 8.22. The molecule has 0 amide bonds. The Morgan fingerprint density at radius 2 is 0.181 bits per heavy atom. The number of rotatable bonds is 98. The van der Waals surface area contributed by atoms with E-state index in [1.54, 1.807) is 0 Å².